The van der Waals surface area contributed by atoms with Gasteiger partial charge < -0.3 is 0 Å². The molecule has 1 nitrogen and oxygen atoms in total. The minimum absolute atomic E-state index is 0.336. The van der Waals surface area contributed by atoms with Crippen molar-refractivity contribution in [2.75, 3.05) is 0 Å². The van der Waals surface area contributed by atoms with E-state index < -0.39 is 0 Å². The molecule has 0 amide bonds. The number of rotatable bonds is 4. The van der Waals surface area contributed by atoms with E-state index in [0.717, 1.165) is 10.9 Å². The van der Waals surface area contributed by atoms with Gasteiger partial charge in [-0.2, -0.15) is 0 Å². The van der Waals surface area contributed by atoms with Gasteiger partial charge in [-0.15, -0.1) is 0 Å². The van der Waals surface area contributed by atoms with Crippen molar-refractivity contribution in [2.24, 2.45) is 0 Å². The predicted molar refractivity (Wildman–Crippen MR) is 72.8 cm³/mol. The van der Waals surface area contributed by atoms with E-state index in [1.165, 1.54) is 10.0 Å². The Hall–Kier alpha value is -1.08. The zero-order chi connectivity index (χ0) is 12.1. The summed E-state index contributed by atoms with van der Waals surface area (Å²) in [5.74, 6) is 0. The zero-order valence-corrected chi connectivity index (χ0v) is 11.5. The molecule has 2 heteroatoms. The number of benzene rings is 2. The summed E-state index contributed by atoms with van der Waals surface area (Å²) in [6.07, 6.45) is -0.336. The van der Waals surface area contributed by atoms with Crippen LogP contribution in [0.25, 0.3) is 0 Å². The van der Waals surface area contributed by atoms with E-state index in [1.807, 2.05) is 30.3 Å². The van der Waals surface area contributed by atoms with E-state index >= 15 is 0 Å². The summed E-state index contributed by atoms with van der Waals surface area (Å²) in [6, 6.07) is 18.5. The molecule has 0 aliphatic heterocycles. The second-order valence-corrected chi connectivity index (χ2v) is 6.34. The Labute approximate surface area is 109 Å². The fourth-order valence-electron chi connectivity index (χ4n) is 1.58. The van der Waals surface area contributed by atoms with Gasteiger partial charge >= 0.3 is 109 Å². The van der Waals surface area contributed by atoms with Gasteiger partial charge in [-0.3, -0.25) is 0 Å². The molecule has 2 rings (SSSR count). The average molecular weight is 291 g/mol. The molecule has 0 heterocycles. The van der Waals surface area contributed by atoms with E-state index in [2.05, 4.69) is 31.2 Å². The first kappa shape index (κ1) is 12.4. The zero-order valence-electron chi connectivity index (χ0n) is 9.84. The fourth-order valence-corrected chi connectivity index (χ4v) is 3.41. The minimum atomic E-state index is -0.336. The van der Waals surface area contributed by atoms with Crippen molar-refractivity contribution in [1.82, 2.24) is 0 Å². The van der Waals surface area contributed by atoms with Crippen molar-refractivity contribution >= 4 is 19.4 Å². The third-order valence-electron chi connectivity index (χ3n) is 2.61. The van der Waals surface area contributed by atoms with Crippen molar-refractivity contribution in [3.05, 3.63) is 65.7 Å². The van der Waals surface area contributed by atoms with Crippen LogP contribution in [0.2, 0.25) is 5.32 Å². The molecule has 0 radical (unpaired) electrons. The van der Waals surface area contributed by atoms with Crippen LogP contribution < -0.4 is 4.46 Å². The summed E-state index contributed by atoms with van der Waals surface area (Å²) < 4.78 is 1.35. The summed E-state index contributed by atoms with van der Waals surface area (Å²) in [7, 11) is 0. The Bertz CT molecular complexity index is 450. The van der Waals surface area contributed by atoms with Gasteiger partial charge in [0.15, 0.2) is 0 Å². The van der Waals surface area contributed by atoms with Crippen LogP contribution in [0.3, 0.4) is 0 Å². The van der Waals surface area contributed by atoms with Crippen LogP contribution in [-0.2, 0) is 0 Å². The Morgan fingerprint density at radius 3 is 2.29 bits per heavy atom. The molecular formula is C15H16OSe. The molecule has 0 fully saturated rings. The number of aryl methyl sites for hydroxylation is 1. The number of hydrogen-bond donors (Lipinski definition) is 1. The molecule has 0 saturated heterocycles. The van der Waals surface area contributed by atoms with Crippen molar-refractivity contribution in [1.29, 1.82) is 0 Å². The molecule has 1 atom stereocenters. The second kappa shape index (κ2) is 6.02. The summed E-state index contributed by atoms with van der Waals surface area (Å²) >= 11 is 0.336. The van der Waals surface area contributed by atoms with Gasteiger partial charge in [-0.1, -0.05) is 0 Å². The van der Waals surface area contributed by atoms with Gasteiger partial charge in [0.1, 0.15) is 0 Å². The molecule has 0 bridgehead atoms. The Balaban J connectivity index is 1.92. The van der Waals surface area contributed by atoms with Crippen LogP contribution in [0, 0.1) is 6.92 Å². The van der Waals surface area contributed by atoms with E-state index in [1.54, 1.807) is 0 Å². The molecule has 88 valence electrons. The van der Waals surface area contributed by atoms with Crippen LogP contribution >= 0.6 is 0 Å². The molecule has 17 heavy (non-hydrogen) atoms. The first-order valence-corrected chi connectivity index (χ1v) is 7.75. The molecule has 0 saturated carbocycles. The van der Waals surface area contributed by atoms with Crippen molar-refractivity contribution < 1.29 is 5.11 Å². The normalized spacial score (nSPS) is 12.4. The molecule has 0 aliphatic rings. The molecule has 0 spiro atoms. The van der Waals surface area contributed by atoms with Gasteiger partial charge in [0.25, 0.3) is 0 Å². The molecule has 2 aromatic rings. The molecule has 0 aromatic heterocycles. The Kier molecular flexibility index (Phi) is 4.38. The van der Waals surface area contributed by atoms with Crippen LogP contribution in [0.5, 0.6) is 0 Å². The summed E-state index contributed by atoms with van der Waals surface area (Å²) in [5.41, 5.74) is 2.30. The molecule has 0 unspecified atom stereocenters. The van der Waals surface area contributed by atoms with Crippen LogP contribution in [-0.4, -0.2) is 20.1 Å². The first-order valence-electron chi connectivity index (χ1n) is 5.68. The van der Waals surface area contributed by atoms with Crippen molar-refractivity contribution in [3.8, 4) is 0 Å². The number of aliphatic hydroxyl groups excluding tert-OH is 1. The van der Waals surface area contributed by atoms with E-state index in [9.17, 15) is 5.11 Å². The van der Waals surface area contributed by atoms with Crippen molar-refractivity contribution in [3.63, 3.8) is 0 Å². The number of aliphatic hydroxyl groups is 1. The van der Waals surface area contributed by atoms with Gasteiger partial charge in [-0.05, 0) is 0 Å². The van der Waals surface area contributed by atoms with Crippen LogP contribution in [0.1, 0.15) is 17.2 Å². The predicted octanol–water partition coefficient (Wildman–Crippen LogP) is 2.48. The quantitative estimate of drug-likeness (QED) is 0.858. The Morgan fingerprint density at radius 2 is 1.65 bits per heavy atom. The maximum absolute atomic E-state index is 10.1. The molecular weight excluding hydrogens is 275 g/mol. The molecule has 0 aliphatic carbocycles. The molecule has 2 aromatic carbocycles. The first-order chi connectivity index (χ1) is 8.25. The Morgan fingerprint density at radius 1 is 1.00 bits per heavy atom. The second-order valence-electron chi connectivity index (χ2n) is 4.05. The van der Waals surface area contributed by atoms with Gasteiger partial charge in [0.2, 0.25) is 0 Å². The van der Waals surface area contributed by atoms with Gasteiger partial charge in [-0.25, -0.2) is 0 Å². The average Bonchev–Trinajstić information content (AvgIpc) is 2.39. The monoisotopic (exact) mass is 292 g/mol. The van der Waals surface area contributed by atoms with Crippen LogP contribution in [0.4, 0.5) is 0 Å². The fraction of sp³-hybridized carbons (Fsp3) is 0.200. The maximum atomic E-state index is 10.1. The standard InChI is InChI=1S/C15H16OSe/c1-12-7-9-14(10-8-12)17-11-15(16)13-5-3-2-4-6-13/h2-10,15-16H,11H2,1H3/t15-/m0/s1. The topological polar surface area (TPSA) is 20.2 Å². The third-order valence-corrected chi connectivity index (χ3v) is 4.90. The van der Waals surface area contributed by atoms with E-state index in [4.69, 9.17) is 0 Å². The third kappa shape index (κ3) is 3.71. The van der Waals surface area contributed by atoms with E-state index in [0.29, 0.717) is 15.0 Å². The van der Waals surface area contributed by atoms with Crippen molar-refractivity contribution in [2.45, 2.75) is 18.3 Å². The summed E-state index contributed by atoms with van der Waals surface area (Å²) in [4.78, 5) is 0. The van der Waals surface area contributed by atoms with Gasteiger partial charge in [0, 0.05) is 0 Å². The van der Waals surface area contributed by atoms with Crippen LogP contribution in [0.15, 0.2) is 54.6 Å². The summed E-state index contributed by atoms with van der Waals surface area (Å²) in [6.45, 7) is 2.09. The SMILES string of the molecule is Cc1ccc([Se]C[C@H](O)c2ccccc2)cc1. The summed E-state index contributed by atoms with van der Waals surface area (Å²) in [5, 5.41) is 10.9. The van der Waals surface area contributed by atoms with Gasteiger partial charge in [0.05, 0.1) is 0 Å². The number of hydrogen-bond acceptors (Lipinski definition) is 1. The molecule has 1 N–H and O–H groups in total. The van der Waals surface area contributed by atoms with E-state index in [-0.39, 0.29) is 6.10 Å².